The monoisotopic (exact) mass is 288 g/mol. The van der Waals surface area contributed by atoms with Crippen molar-refractivity contribution in [3.63, 3.8) is 0 Å². The molecule has 106 valence electrons. The number of hydrogen-bond donors (Lipinski definition) is 1. The first-order chi connectivity index (χ1) is 9.65. The topological polar surface area (TPSA) is 29.3 Å². The van der Waals surface area contributed by atoms with Crippen LogP contribution in [-0.4, -0.2) is 6.54 Å². The van der Waals surface area contributed by atoms with Gasteiger partial charge in [0.05, 0.1) is 0 Å². The fraction of sp³-hybridized carbons (Fsp3) is 0.294. The molecule has 0 aliphatic rings. The normalized spacial score (nSPS) is 10.6. The van der Waals surface area contributed by atoms with Gasteiger partial charge in [0.1, 0.15) is 0 Å². The lowest BCUT2D eigenvalue weighted by atomic mass is 10.1. The number of halogens is 1. The van der Waals surface area contributed by atoms with E-state index in [1.165, 1.54) is 16.8 Å². The Balaban J connectivity index is 2.31. The lowest BCUT2D eigenvalue weighted by Gasteiger charge is -2.26. The highest BCUT2D eigenvalue weighted by Gasteiger charge is 2.11. The number of nitrogens with zero attached hydrogens (tertiary/aromatic N) is 1. The first-order valence-electron chi connectivity index (χ1n) is 6.93. The quantitative estimate of drug-likeness (QED) is 0.896. The highest BCUT2D eigenvalue weighted by Crippen LogP contribution is 2.26. The van der Waals surface area contributed by atoms with Crippen LogP contribution < -0.4 is 10.6 Å². The van der Waals surface area contributed by atoms with Gasteiger partial charge in [-0.05, 0) is 48.7 Å². The van der Waals surface area contributed by atoms with Crippen LogP contribution in [0.3, 0.4) is 0 Å². The largest absolute Gasteiger partial charge is 0.367 e. The van der Waals surface area contributed by atoms with Gasteiger partial charge in [0.2, 0.25) is 0 Å². The van der Waals surface area contributed by atoms with E-state index in [0.29, 0.717) is 6.54 Å². The van der Waals surface area contributed by atoms with Gasteiger partial charge >= 0.3 is 0 Å². The maximum absolute atomic E-state index is 6.05. The Hall–Kier alpha value is -1.51. The third kappa shape index (κ3) is 3.33. The van der Waals surface area contributed by atoms with Crippen molar-refractivity contribution in [1.82, 2.24) is 0 Å². The second-order valence-electron chi connectivity index (χ2n) is 4.92. The van der Waals surface area contributed by atoms with Crippen LogP contribution >= 0.6 is 11.6 Å². The van der Waals surface area contributed by atoms with Crippen molar-refractivity contribution < 1.29 is 0 Å². The van der Waals surface area contributed by atoms with E-state index in [1.807, 2.05) is 12.1 Å². The van der Waals surface area contributed by atoms with E-state index in [0.717, 1.165) is 23.7 Å². The van der Waals surface area contributed by atoms with Gasteiger partial charge in [0, 0.05) is 30.3 Å². The summed E-state index contributed by atoms with van der Waals surface area (Å²) in [4.78, 5) is 2.33. The lowest BCUT2D eigenvalue weighted by Crippen LogP contribution is -2.24. The minimum Gasteiger partial charge on any atom is -0.367 e. The zero-order chi connectivity index (χ0) is 14.5. The number of hydrogen-bond acceptors (Lipinski definition) is 2. The van der Waals surface area contributed by atoms with Gasteiger partial charge in [-0.1, -0.05) is 35.9 Å². The summed E-state index contributed by atoms with van der Waals surface area (Å²) < 4.78 is 0. The smallest absolute Gasteiger partial charge is 0.0432 e. The van der Waals surface area contributed by atoms with E-state index in [-0.39, 0.29) is 0 Å². The van der Waals surface area contributed by atoms with Crippen LogP contribution in [0.15, 0.2) is 42.5 Å². The maximum Gasteiger partial charge on any atom is 0.0432 e. The summed E-state index contributed by atoms with van der Waals surface area (Å²) in [6.07, 6.45) is 0. The van der Waals surface area contributed by atoms with Crippen LogP contribution in [-0.2, 0) is 13.1 Å². The van der Waals surface area contributed by atoms with E-state index in [2.05, 4.69) is 49.1 Å². The Kier molecular flexibility index (Phi) is 5.05. The third-order valence-electron chi connectivity index (χ3n) is 3.61. The molecule has 2 N–H and O–H groups in total. The molecule has 0 unspecified atom stereocenters. The molecule has 0 spiro atoms. The van der Waals surface area contributed by atoms with Gasteiger partial charge in [-0.15, -0.1) is 0 Å². The molecule has 0 radical (unpaired) electrons. The summed E-state index contributed by atoms with van der Waals surface area (Å²) in [5.74, 6) is 0. The first kappa shape index (κ1) is 14.9. The van der Waals surface area contributed by atoms with Crippen LogP contribution in [0.4, 0.5) is 5.69 Å². The Morgan fingerprint density at radius 2 is 1.85 bits per heavy atom. The van der Waals surface area contributed by atoms with E-state index in [1.54, 1.807) is 0 Å². The van der Waals surface area contributed by atoms with E-state index >= 15 is 0 Å². The van der Waals surface area contributed by atoms with Crippen LogP contribution in [0.25, 0.3) is 0 Å². The summed E-state index contributed by atoms with van der Waals surface area (Å²) in [6, 6.07) is 14.4. The zero-order valence-corrected chi connectivity index (χ0v) is 12.8. The van der Waals surface area contributed by atoms with Crippen molar-refractivity contribution in [2.24, 2.45) is 5.73 Å². The zero-order valence-electron chi connectivity index (χ0n) is 12.1. The number of aryl methyl sites for hydroxylation is 1. The van der Waals surface area contributed by atoms with Crippen LogP contribution in [0.5, 0.6) is 0 Å². The number of nitrogens with two attached hydrogens (primary N) is 1. The molecule has 20 heavy (non-hydrogen) atoms. The third-order valence-corrected chi connectivity index (χ3v) is 3.84. The van der Waals surface area contributed by atoms with Gasteiger partial charge < -0.3 is 10.6 Å². The summed E-state index contributed by atoms with van der Waals surface area (Å²) in [7, 11) is 0. The maximum atomic E-state index is 6.05. The molecule has 2 aromatic carbocycles. The number of rotatable bonds is 5. The van der Waals surface area contributed by atoms with E-state index in [9.17, 15) is 0 Å². The molecule has 0 amide bonds. The van der Waals surface area contributed by atoms with E-state index in [4.69, 9.17) is 17.3 Å². The van der Waals surface area contributed by atoms with Crippen LogP contribution in [0.1, 0.15) is 23.6 Å². The molecule has 0 bridgehead atoms. The molecule has 2 aromatic rings. The first-order valence-corrected chi connectivity index (χ1v) is 7.31. The van der Waals surface area contributed by atoms with Crippen molar-refractivity contribution in [2.75, 3.05) is 11.4 Å². The highest BCUT2D eigenvalue weighted by molar-refractivity contribution is 6.30. The van der Waals surface area contributed by atoms with Gasteiger partial charge in [-0.25, -0.2) is 0 Å². The lowest BCUT2D eigenvalue weighted by molar-refractivity contribution is 0.817. The fourth-order valence-electron chi connectivity index (χ4n) is 2.39. The van der Waals surface area contributed by atoms with Crippen molar-refractivity contribution in [1.29, 1.82) is 0 Å². The molecular formula is C17H21ClN2. The van der Waals surface area contributed by atoms with Crippen molar-refractivity contribution >= 4 is 17.3 Å². The van der Waals surface area contributed by atoms with Gasteiger partial charge in [-0.3, -0.25) is 0 Å². The van der Waals surface area contributed by atoms with Crippen molar-refractivity contribution in [3.8, 4) is 0 Å². The minimum atomic E-state index is 0.500. The van der Waals surface area contributed by atoms with Crippen LogP contribution in [0.2, 0.25) is 5.02 Å². The molecule has 0 aromatic heterocycles. The van der Waals surface area contributed by atoms with Crippen LogP contribution in [0, 0.1) is 6.92 Å². The SMILES string of the molecule is CCN(Cc1ccccc1C)c1ccc(Cl)cc1CN. The average Bonchev–Trinajstić information content (AvgIpc) is 2.46. The minimum absolute atomic E-state index is 0.500. The number of benzene rings is 2. The molecule has 0 aliphatic heterocycles. The molecule has 3 heteroatoms. The molecule has 0 saturated heterocycles. The summed E-state index contributed by atoms with van der Waals surface area (Å²) >= 11 is 6.05. The van der Waals surface area contributed by atoms with Gasteiger partial charge in [0.15, 0.2) is 0 Å². The Morgan fingerprint density at radius 1 is 1.10 bits per heavy atom. The number of anilines is 1. The Labute approximate surface area is 126 Å². The Morgan fingerprint density at radius 3 is 2.50 bits per heavy atom. The summed E-state index contributed by atoms with van der Waals surface area (Å²) in [5.41, 5.74) is 10.8. The molecule has 0 fully saturated rings. The highest BCUT2D eigenvalue weighted by atomic mass is 35.5. The molecule has 0 atom stereocenters. The summed E-state index contributed by atoms with van der Waals surface area (Å²) in [5, 5.41) is 0.737. The van der Waals surface area contributed by atoms with Gasteiger partial charge in [-0.2, -0.15) is 0 Å². The molecule has 2 rings (SSSR count). The Bertz CT molecular complexity index is 581. The molecule has 0 aliphatic carbocycles. The summed E-state index contributed by atoms with van der Waals surface area (Å²) in [6.45, 7) is 6.63. The molecule has 0 saturated carbocycles. The fourth-order valence-corrected chi connectivity index (χ4v) is 2.58. The molecular weight excluding hydrogens is 268 g/mol. The second kappa shape index (κ2) is 6.78. The van der Waals surface area contributed by atoms with E-state index < -0.39 is 0 Å². The molecule has 0 heterocycles. The molecule has 2 nitrogen and oxygen atoms in total. The second-order valence-corrected chi connectivity index (χ2v) is 5.35. The van der Waals surface area contributed by atoms with Crippen molar-refractivity contribution in [2.45, 2.75) is 26.9 Å². The predicted molar refractivity (Wildman–Crippen MR) is 87.2 cm³/mol. The standard InChI is InChI=1S/C17H21ClN2/c1-3-20(12-14-7-5-4-6-13(14)2)17-9-8-16(18)10-15(17)11-19/h4-10H,3,11-12,19H2,1-2H3. The van der Waals surface area contributed by atoms with Crippen molar-refractivity contribution in [3.05, 3.63) is 64.2 Å². The predicted octanol–water partition coefficient (Wildman–Crippen LogP) is 4.13. The average molecular weight is 289 g/mol. The van der Waals surface area contributed by atoms with Gasteiger partial charge in [0.25, 0.3) is 0 Å².